The van der Waals surface area contributed by atoms with E-state index in [4.69, 9.17) is 15.2 Å². The molecule has 3 rings (SSSR count). The molecule has 0 saturated carbocycles. The smallest absolute Gasteiger partial charge is 0.163 e. The van der Waals surface area contributed by atoms with E-state index in [0.717, 1.165) is 39.5 Å². The molecule has 104 valence electrons. The fourth-order valence-electron chi connectivity index (χ4n) is 2.03. The monoisotopic (exact) mass is 334 g/mol. The lowest BCUT2D eigenvalue weighted by Gasteiger charge is -2.12. The Bertz CT molecular complexity index is 631. The highest BCUT2D eigenvalue weighted by atomic mass is 79.9. The van der Waals surface area contributed by atoms with E-state index in [1.807, 2.05) is 36.4 Å². The first kappa shape index (κ1) is 13.1. The highest BCUT2D eigenvalue weighted by molar-refractivity contribution is 9.10. The van der Waals surface area contributed by atoms with Crippen molar-refractivity contribution < 1.29 is 9.47 Å². The highest BCUT2D eigenvalue weighted by Crippen LogP contribution is 2.34. The molecule has 1 aliphatic rings. The molecule has 3 N–H and O–H groups in total. The quantitative estimate of drug-likeness (QED) is 0.817. The van der Waals surface area contributed by atoms with E-state index < -0.39 is 0 Å². The van der Waals surface area contributed by atoms with Crippen LogP contribution in [0.15, 0.2) is 40.9 Å². The minimum atomic E-state index is 0.683. The molecule has 1 heterocycles. The van der Waals surface area contributed by atoms with Gasteiger partial charge in [-0.25, -0.2) is 0 Å². The number of nitrogens with one attached hydrogen (secondary N) is 1. The van der Waals surface area contributed by atoms with Gasteiger partial charge in [0.2, 0.25) is 0 Å². The first-order chi connectivity index (χ1) is 9.72. The molecule has 1 aliphatic heterocycles. The van der Waals surface area contributed by atoms with Crippen molar-refractivity contribution >= 4 is 33.0 Å². The Morgan fingerprint density at radius 3 is 2.60 bits per heavy atom. The third-order valence-corrected chi connectivity index (χ3v) is 3.68. The van der Waals surface area contributed by atoms with Crippen molar-refractivity contribution in [3.05, 3.63) is 40.9 Å². The molecule has 20 heavy (non-hydrogen) atoms. The van der Waals surface area contributed by atoms with E-state index in [2.05, 4.69) is 21.2 Å². The lowest BCUT2D eigenvalue weighted by Crippen LogP contribution is -1.97. The molecule has 2 aromatic rings. The normalized spacial score (nSPS) is 13.7. The summed E-state index contributed by atoms with van der Waals surface area (Å²) in [5.41, 5.74) is 8.35. The van der Waals surface area contributed by atoms with Gasteiger partial charge >= 0.3 is 0 Å². The number of nitrogens with two attached hydrogens (primary N) is 1. The Labute approximate surface area is 126 Å². The Morgan fingerprint density at radius 1 is 1.00 bits per heavy atom. The van der Waals surface area contributed by atoms with Crippen LogP contribution in [0.3, 0.4) is 0 Å². The molecule has 0 atom stereocenters. The Kier molecular flexibility index (Phi) is 3.69. The second-order valence-corrected chi connectivity index (χ2v) is 5.43. The lowest BCUT2D eigenvalue weighted by atomic mass is 10.2. The van der Waals surface area contributed by atoms with Gasteiger partial charge in [0.25, 0.3) is 0 Å². The van der Waals surface area contributed by atoms with Crippen LogP contribution < -0.4 is 20.5 Å². The molecule has 0 aliphatic carbocycles. The van der Waals surface area contributed by atoms with E-state index >= 15 is 0 Å². The van der Waals surface area contributed by atoms with Gasteiger partial charge in [-0.15, -0.1) is 0 Å². The van der Waals surface area contributed by atoms with E-state index in [0.29, 0.717) is 13.2 Å². The average molecular weight is 335 g/mol. The summed E-state index contributed by atoms with van der Waals surface area (Å²) in [5.74, 6) is 1.57. The third-order valence-electron chi connectivity index (χ3n) is 3.02. The number of halogens is 1. The van der Waals surface area contributed by atoms with E-state index in [1.54, 1.807) is 0 Å². The van der Waals surface area contributed by atoms with Crippen LogP contribution in [0, 0.1) is 0 Å². The number of hydrogen-bond acceptors (Lipinski definition) is 4. The largest absolute Gasteiger partial charge is 0.490 e. The van der Waals surface area contributed by atoms with Crippen LogP contribution in [-0.4, -0.2) is 13.2 Å². The maximum atomic E-state index is 5.74. The number of anilines is 3. The van der Waals surface area contributed by atoms with Crippen molar-refractivity contribution in [2.45, 2.75) is 6.42 Å². The summed E-state index contributed by atoms with van der Waals surface area (Å²) in [4.78, 5) is 0. The van der Waals surface area contributed by atoms with Crippen LogP contribution in [-0.2, 0) is 0 Å². The molecule has 0 saturated heterocycles. The van der Waals surface area contributed by atoms with Crippen molar-refractivity contribution in [3.8, 4) is 11.5 Å². The second-order valence-electron chi connectivity index (χ2n) is 4.58. The first-order valence-electron chi connectivity index (χ1n) is 6.44. The van der Waals surface area contributed by atoms with Gasteiger partial charge in [-0.2, -0.15) is 0 Å². The molecule has 0 amide bonds. The van der Waals surface area contributed by atoms with Gasteiger partial charge < -0.3 is 20.5 Å². The zero-order chi connectivity index (χ0) is 13.9. The van der Waals surface area contributed by atoms with Gasteiger partial charge in [-0.1, -0.05) is 0 Å². The number of rotatable bonds is 2. The second kappa shape index (κ2) is 5.63. The molecular formula is C15H15BrN2O2. The fourth-order valence-corrected chi connectivity index (χ4v) is 2.52. The van der Waals surface area contributed by atoms with Crippen LogP contribution in [0.5, 0.6) is 11.5 Å². The van der Waals surface area contributed by atoms with Crippen LogP contribution in [0.1, 0.15) is 6.42 Å². The van der Waals surface area contributed by atoms with Crippen molar-refractivity contribution in [2.75, 3.05) is 24.3 Å². The number of nitrogen functional groups attached to an aromatic ring is 1. The van der Waals surface area contributed by atoms with Gasteiger partial charge in [0.15, 0.2) is 11.5 Å². The zero-order valence-corrected chi connectivity index (χ0v) is 12.4. The Balaban J connectivity index is 1.86. The molecule has 0 radical (unpaired) electrons. The van der Waals surface area contributed by atoms with Crippen molar-refractivity contribution in [3.63, 3.8) is 0 Å². The molecule has 0 fully saturated rings. The van der Waals surface area contributed by atoms with Gasteiger partial charge in [-0.05, 0) is 46.3 Å². The molecule has 0 bridgehead atoms. The lowest BCUT2D eigenvalue weighted by molar-refractivity contribution is 0.297. The number of fused-ring (bicyclic) bond motifs is 1. The maximum absolute atomic E-state index is 5.74. The molecular weight excluding hydrogens is 320 g/mol. The van der Waals surface area contributed by atoms with Gasteiger partial charge in [-0.3, -0.25) is 0 Å². The van der Waals surface area contributed by atoms with Gasteiger partial charge in [0.05, 0.1) is 18.9 Å². The molecule has 2 aromatic carbocycles. The standard InChI is InChI=1S/C15H15BrN2O2/c16-12-8-10(17)2-4-13(12)18-11-3-5-14-15(9-11)20-7-1-6-19-14/h2-5,8-9,18H,1,6-7,17H2. The van der Waals surface area contributed by atoms with Gasteiger partial charge in [0, 0.05) is 28.3 Å². The molecule has 5 heteroatoms. The topological polar surface area (TPSA) is 56.5 Å². The van der Waals surface area contributed by atoms with Crippen LogP contribution in [0.4, 0.5) is 17.1 Å². The summed E-state index contributed by atoms with van der Waals surface area (Å²) < 4.78 is 12.2. The van der Waals surface area contributed by atoms with Crippen molar-refractivity contribution in [1.82, 2.24) is 0 Å². The van der Waals surface area contributed by atoms with Crippen LogP contribution >= 0.6 is 15.9 Å². The maximum Gasteiger partial charge on any atom is 0.163 e. The van der Waals surface area contributed by atoms with Crippen LogP contribution in [0.25, 0.3) is 0 Å². The fraction of sp³-hybridized carbons (Fsp3) is 0.200. The first-order valence-corrected chi connectivity index (χ1v) is 7.23. The summed E-state index contributed by atoms with van der Waals surface area (Å²) in [6.07, 6.45) is 0.904. The van der Waals surface area contributed by atoms with E-state index in [1.165, 1.54) is 0 Å². The average Bonchev–Trinajstić information content (AvgIpc) is 2.66. The van der Waals surface area contributed by atoms with E-state index in [-0.39, 0.29) is 0 Å². The van der Waals surface area contributed by atoms with Crippen molar-refractivity contribution in [2.24, 2.45) is 0 Å². The minimum absolute atomic E-state index is 0.683. The zero-order valence-electron chi connectivity index (χ0n) is 10.9. The predicted octanol–water partition coefficient (Wildman–Crippen LogP) is 3.94. The summed E-state index contributed by atoms with van der Waals surface area (Å²) in [5, 5.41) is 3.33. The van der Waals surface area contributed by atoms with Crippen molar-refractivity contribution in [1.29, 1.82) is 0 Å². The summed E-state index contributed by atoms with van der Waals surface area (Å²) in [7, 11) is 0. The minimum Gasteiger partial charge on any atom is -0.490 e. The van der Waals surface area contributed by atoms with E-state index in [9.17, 15) is 0 Å². The van der Waals surface area contributed by atoms with Gasteiger partial charge in [0.1, 0.15) is 0 Å². The molecule has 0 unspecified atom stereocenters. The Morgan fingerprint density at radius 2 is 1.80 bits per heavy atom. The summed E-state index contributed by atoms with van der Waals surface area (Å²) in [6, 6.07) is 11.5. The highest BCUT2D eigenvalue weighted by Gasteiger charge is 2.11. The third kappa shape index (κ3) is 2.82. The molecule has 4 nitrogen and oxygen atoms in total. The SMILES string of the molecule is Nc1ccc(Nc2ccc3c(c2)OCCCO3)c(Br)c1. The molecule has 0 spiro atoms. The Hall–Kier alpha value is -1.88. The number of benzene rings is 2. The number of hydrogen-bond donors (Lipinski definition) is 2. The number of ether oxygens (including phenoxy) is 2. The summed E-state index contributed by atoms with van der Waals surface area (Å²) >= 11 is 3.49. The van der Waals surface area contributed by atoms with Crippen LogP contribution in [0.2, 0.25) is 0 Å². The predicted molar refractivity (Wildman–Crippen MR) is 83.9 cm³/mol. The summed E-state index contributed by atoms with van der Waals surface area (Å²) in [6.45, 7) is 1.38. The molecule has 0 aromatic heterocycles.